The fourth-order valence-corrected chi connectivity index (χ4v) is 3.93. The summed E-state index contributed by atoms with van der Waals surface area (Å²) in [4.78, 5) is 10.4. The van der Waals surface area contributed by atoms with Crippen molar-refractivity contribution in [2.24, 2.45) is 23.2 Å². The number of carbonyl (C=O) groups is 1. The molecule has 3 heteroatoms. The van der Waals surface area contributed by atoms with Gasteiger partial charge in [0.05, 0.1) is 6.10 Å². The second kappa shape index (κ2) is 4.60. The van der Waals surface area contributed by atoms with Crippen molar-refractivity contribution in [3.8, 4) is 0 Å². The van der Waals surface area contributed by atoms with E-state index in [1.807, 2.05) is 0 Å². The van der Waals surface area contributed by atoms with Crippen LogP contribution < -0.4 is 0 Å². The monoisotopic (exact) mass is 240 g/mol. The van der Waals surface area contributed by atoms with Gasteiger partial charge in [-0.1, -0.05) is 20.8 Å². The highest BCUT2D eigenvalue weighted by Crippen LogP contribution is 2.61. The fourth-order valence-electron chi connectivity index (χ4n) is 3.93. The van der Waals surface area contributed by atoms with E-state index in [0.29, 0.717) is 30.5 Å². The van der Waals surface area contributed by atoms with Crippen LogP contribution in [0, 0.1) is 23.2 Å². The van der Waals surface area contributed by atoms with E-state index in [0.717, 1.165) is 18.3 Å². The summed E-state index contributed by atoms with van der Waals surface area (Å²) in [7, 11) is 0. The van der Waals surface area contributed by atoms with Crippen molar-refractivity contribution in [2.45, 2.75) is 52.6 Å². The summed E-state index contributed by atoms with van der Waals surface area (Å²) in [6.45, 7) is 7.64. The molecule has 0 saturated heterocycles. The van der Waals surface area contributed by atoms with Crippen LogP contribution in [0.4, 0.5) is 0 Å². The maximum Gasteiger partial charge on any atom is 0.303 e. The standard InChI is InChI=1S/C14H24O3/c1-9-7-12(17-6-4-5-13(15)16)11-8-10(9)14(11,2)3/h9-12H,4-8H2,1-3H3,(H,15,16). The zero-order valence-electron chi connectivity index (χ0n) is 11.1. The van der Waals surface area contributed by atoms with E-state index in [4.69, 9.17) is 9.84 Å². The highest BCUT2D eigenvalue weighted by molar-refractivity contribution is 5.66. The number of hydrogen-bond acceptors (Lipinski definition) is 2. The molecule has 3 fully saturated rings. The second-order valence-corrected chi connectivity index (χ2v) is 6.39. The molecule has 0 aliphatic heterocycles. The minimum absolute atomic E-state index is 0.221. The van der Waals surface area contributed by atoms with Gasteiger partial charge in [-0.25, -0.2) is 0 Å². The third-order valence-corrected chi connectivity index (χ3v) is 5.03. The maximum absolute atomic E-state index is 10.4. The molecule has 0 radical (unpaired) electrons. The molecule has 3 rings (SSSR count). The van der Waals surface area contributed by atoms with E-state index in [9.17, 15) is 4.79 Å². The smallest absolute Gasteiger partial charge is 0.303 e. The number of hydrogen-bond donors (Lipinski definition) is 1. The number of carboxylic acid groups (broad SMARTS) is 1. The van der Waals surface area contributed by atoms with Crippen molar-refractivity contribution >= 4 is 5.97 Å². The van der Waals surface area contributed by atoms with Crippen LogP contribution in [0.3, 0.4) is 0 Å². The normalized spacial score (nSPS) is 38.5. The molecule has 1 N–H and O–H groups in total. The molecule has 17 heavy (non-hydrogen) atoms. The topological polar surface area (TPSA) is 46.5 Å². The first-order valence-electron chi connectivity index (χ1n) is 6.76. The molecule has 0 amide bonds. The third kappa shape index (κ3) is 2.35. The van der Waals surface area contributed by atoms with Gasteiger partial charge in [0.2, 0.25) is 0 Å². The molecular formula is C14H24O3. The largest absolute Gasteiger partial charge is 0.481 e. The van der Waals surface area contributed by atoms with Crippen molar-refractivity contribution in [3.63, 3.8) is 0 Å². The molecule has 0 aromatic rings. The van der Waals surface area contributed by atoms with Gasteiger partial charge in [0.1, 0.15) is 0 Å². The quantitative estimate of drug-likeness (QED) is 0.751. The molecular weight excluding hydrogens is 216 g/mol. The highest BCUT2D eigenvalue weighted by Gasteiger charge is 2.57. The first-order valence-corrected chi connectivity index (χ1v) is 6.76. The lowest BCUT2D eigenvalue weighted by Gasteiger charge is -2.62. The van der Waals surface area contributed by atoms with E-state index in [2.05, 4.69) is 20.8 Å². The van der Waals surface area contributed by atoms with Crippen LogP contribution >= 0.6 is 0 Å². The van der Waals surface area contributed by atoms with Crippen LogP contribution in [0.1, 0.15) is 46.5 Å². The van der Waals surface area contributed by atoms with Crippen LogP contribution in [0.15, 0.2) is 0 Å². The molecule has 3 nitrogen and oxygen atoms in total. The molecule has 0 spiro atoms. The minimum Gasteiger partial charge on any atom is -0.481 e. The van der Waals surface area contributed by atoms with E-state index >= 15 is 0 Å². The Morgan fingerprint density at radius 1 is 1.35 bits per heavy atom. The lowest BCUT2D eigenvalue weighted by atomic mass is 9.45. The van der Waals surface area contributed by atoms with Crippen LogP contribution in [-0.4, -0.2) is 23.8 Å². The van der Waals surface area contributed by atoms with Gasteiger partial charge in [-0.05, 0) is 42.4 Å². The average Bonchev–Trinajstić information content (AvgIpc) is 2.22. The number of ether oxygens (including phenoxy) is 1. The first-order chi connectivity index (χ1) is 7.93. The Kier molecular flexibility index (Phi) is 3.48. The maximum atomic E-state index is 10.4. The van der Waals surface area contributed by atoms with Crippen LogP contribution in [0.2, 0.25) is 0 Å². The van der Waals surface area contributed by atoms with Crippen molar-refractivity contribution in [2.75, 3.05) is 6.61 Å². The van der Waals surface area contributed by atoms with Crippen molar-refractivity contribution < 1.29 is 14.6 Å². The van der Waals surface area contributed by atoms with Crippen molar-refractivity contribution in [1.82, 2.24) is 0 Å². The number of rotatable bonds is 5. The third-order valence-electron chi connectivity index (χ3n) is 5.03. The van der Waals surface area contributed by atoms with Gasteiger partial charge in [0, 0.05) is 13.0 Å². The van der Waals surface area contributed by atoms with E-state index in [1.54, 1.807) is 0 Å². The molecule has 4 unspecified atom stereocenters. The summed E-state index contributed by atoms with van der Waals surface area (Å²) >= 11 is 0. The van der Waals surface area contributed by atoms with Gasteiger partial charge in [-0.3, -0.25) is 4.79 Å². The SMILES string of the molecule is CC1CC(OCCCC(=O)O)C2CC1C2(C)C. The minimum atomic E-state index is -0.727. The highest BCUT2D eigenvalue weighted by atomic mass is 16.5. The lowest BCUT2D eigenvalue weighted by Crippen LogP contribution is -2.58. The van der Waals surface area contributed by atoms with Gasteiger partial charge in [-0.15, -0.1) is 0 Å². The van der Waals surface area contributed by atoms with Crippen molar-refractivity contribution in [1.29, 1.82) is 0 Å². The molecule has 4 atom stereocenters. The summed E-state index contributed by atoms with van der Waals surface area (Å²) in [6.07, 6.45) is 3.68. The van der Waals surface area contributed by atoms with Gasteiger partial charge >= 0.3 is 5.97 Å². The number of fused-ring (bicyclic) bond motifs is 2. The van der Waals surface area contributed by atoms with Crippen LogP contribution in [0.25, 0.3) is 0 Å². The Balaban J connectivity index is 1.79. The Morgan fingerprint density at radius 3 is 2.59 bits per heavy atom. The fraction of sp³-hybridized carbons (Fsp3) is 0.929. The van der Waals surface area contributed by atoms with Crippen molar-refractivity contribution in [3.05, 3.63) is 0 Å². The molecule has 0 aromatic heterocycles. The summed E-state index contributed by atoms with van der Waals surface area (Å²) < 4.78 is 5.93. The number of carboxylic acids is 1. The Bertz CT molecular complexity index is 298. The zero-order valence-corrected chi connectivity index (χ0v) is 11.1. The summed E-state index contributed by atoms with van der Waals surface area (Å²) in [6, 6.07) is 0. The first kappa shape index (κ1) is 12.9. The van der Waals surface area contributed by atoms with E-state index in [1.165, 1.54) is 6.42 Å². The predicted octanol–water partition coefficient (Wildman–Crippen LogP) is 2.94. The Morgan fingerprint density at radius 2 is 2.06 bits per heavy atom. The molecule has 98 valence electrons. The van der Waals surface area contributed by atoms with E-state index < -0.39 is 5.97 Å². The zero-order chi connectivity index (χ0) is 12.6. The summed E-state index contributed by atoms with van der Waals surface area (Å²) in [5.74, 6) is 1.58. The Labute approximate surface area is 104 Å². The number of aliphatic carboxylic acids is 1. The van der Waals surface area contributed by atoms with Gasteiger partial charge in [-0.2, -0.15) is 0 Å². The van der Waals surface area contributed by atoms with E-state index in [-0.39, 0.29) is 6.42 Å². The molecule has 2 bridgehead atoms. The predicted molar refractivity (Wildman–Crippen MR) is 65.8 cm³/mol. The van der Waals surface area contributed by atoms with Gasteiger partial charge < -0.3 is 9.84 Å². The summed E-state index contributed by atoms with van der Waals surface area (Å²) in [5.41, 5.74) is 0.426. The Hall–Kier alpha value is -0.570. The lowest BCUT2D eigenvalue weighted by molar-refractivity contribution is -0.186. The molecule has 3 aliphatic carbocycles. The van der Waals surface area contributed by atoms with Crippen LogP contribution in [0.5, 0.6) is 0 Å². The molecule has 0 aromatic carbocycles. The molecule has 3 saturated carbocycles. The summed E-state index contributed by atoms with van der Waals surface area (Å²) in [5, 5.41) is 8.58. The van der Waals surface area contributed by atoms with Gasteiger partial charge in [0.25, 0.3) is 0 Å². The molecule has 3 aliphatic rings. The van der Waals surface area contributed by atoms with Gasteiger partial charge in [0.15, 0.2) is 0 Å². The van der Waals surface area contributed by atoms with Crippen LogP contribution in [-0.2, 0) is 9.53 Å². The second-order valence-electron chi connectivity index (χ2n) is 6.39. The molecule has 0 heterocycles. The average molecular weight is 240 g/mol.